The monoisotopic (exact) mass is 248 g/mol. The molecule has 0 aromatic rings. The van der Waals surface area contributed by atoms with Crippen molar-refractivity contribution in [2.45, 2.75) is 44.2 Å². The number of rotatable bonds is 2. The largest absolute Gasteiger partial charge is 0.381 e. The van der Waals surface area contributed by atoms with Gasteiger partial charge in [-0.15, -0.1) is 12.4 Å². The first-order valence-electron chi connectivity index (χ1n) is 5.91. The fourth-order valence-electron chi connectivity index (χ4n) is 2.46. The van der Waals surface area contributed by atoms with E-state index in [1.165, 1.54) is 0 Å². The van der Waals surface area contributed by atoms with Crippen molar-refractivity contribution >= 4 is 18.3 Å². The molecule has 2 rings (SSSR count). The lowest BCUT2D eigenvalue weighted by Crippen LogP contribution is -2.45. The summed E-state index contributed by atoms with van der Waals surface area (Å²) in [4.78, 5) is 11.9. The summed E-state index contributed by atoms with van der Waals surface area (Å²) in [5, 5.41) is 3.09. The average molecular weight is 249 g/mol. The first-order chi connectivity index (χ1) is 7.27. The van der Waals surface area contributed by atoms with Crippen molar-refractivity contribution in [1.82, 2.24) is 5.32 Å². The third-order valence-corrected chi connectivity index (χ3v) is 3.47. The molecule has 0 aromatic heterocycles. The maximum absolute atomic E-state index is 11.9. The van der Waals surface area contributed by atoms with Crippen LogP contribution >= 0.6 is 12.4 Å². The molecule has 16 heavy (non-hydrogen) atoms. The number of nitrogens with one attached hydrogen (secondary N) is 1. The Morgan fingerprint density at radius 1 is 1.19 bits per heavy atom. The number of hydrogen-bond acceptors (Lipinski definition) is 3. The zero-order valence-electron chi connectivity index (χ0n) is 9.48. The molecule has 1 aliphatic heterocycles. The van der Waals surface area contributed by atoms with Crippen molar-refractivity contribution < 1.29 is 9.53 Å². The highest BCUT2D eigenvalue weighted by Gasteiger charge is 2.31. The minimum atomic E-state index is 0. The van der Waals surface area contributed by atoms with Gasteiger partial charge >= 0.3 is 0 Å². The minimum absolute atomic E-state index is 0. The molecule has 2 atom stereocenters. The standard InChI is InChI=1S/C11H20N2O2.ClH/c12-10-3-1-2-9(10)11(14)13-8-4-6-15-7-5-8;/h8-10H,1-7,12H2,(H,13,14);1H. The van der Waals surface area contributed by atoms with Crippen LogP contribution in [0.2, 0.25) is 0 Å². The second-order valence-corrected chi connectivity index (χ2v) is 4.60. The molecule has 2 unspecified atom stereocenters. The molecule has 0 aromatic carbocycles. The summed E-state index contributed by atoms with van der Waals surface area (Å²) in [5.74, 6) is 0.208. The van der Waals surface area contributed by atoms with Crippen LogP contribution < -0.4 is 11.1 Å². The first kappa shape index (κ1) is 13.7. The van der Waals surface area contributed by atoms with Crippen LogP contribution in [0.3, 0.4) is 0 Å². The molecular formula is C11H21ClN2O2. The fourth-order valence-corrected chi connectivity index (χ4v) is 2.46. The van der Waals surface area contributed by atoms with E-state index in [0.29, 0.717) is 6.04 Å². The SMILES string of the molecule is Cl.NC1CCCC1C(=O)NC1CCOCC1. The Bertz CT molecular complexity index is 232. The summed E-state index contributed by atoms with van der Waals surface area (Å²) in [5.41, 5.74) is 5.90. The predicted molar refractivity (Wildman–Crippen MR) is 64.5 cm³/mol. The van der Waals surface area contributed by atoms with Gasteiger partial charge in [-0.05, 0) is 25.7 Å². The Kier molecular flexibility index (Phi) is 5.52. The van der Waals surface area contributed by atoms with E-state index >= 15 is 0 Å². The molecule has 2 aliphatic rings. The summed E-state index contributed by atoms with van der Waals surface area (Å²) in [6, 6.07) is 0.379. The van der Waals surface area contributed by atoms with Gasteiger partial charge in [-0.1, -0.05) is 6.42 Å². The molecule has 1 saturated heterocycles. The van der Waals surface area contributed by atoms with E-state index in [-0.39, 0.29) is 30.3 Å². The highest BCUT2D eigenvalue weighted by atomic mass is 35.5. The van der Waals surface area contributed by atoms with Crippen molar-refractivity contribution in [2.24, 2.45) is 11.7 Å². The number of amides is 1. The Morgan fingerprint density at radius 3 is 2.44 bits per heavy atom. The van der Waals surface area contributed by atoms with E-state index in [0.717, 1.165) is 45.3 Å². The molecule has 2 fully saturated rings. The van der Waals surface area contributed by atoms with Crippen molar-refractivity contribution in [3.8, 4) is 0 Å². The predicted octanol–water partition coefficient (Wildman–Crippen LogP) is 0.831. The van der Waals surface area contributed by atoms with Crippen LogP contribution in [0, 0.1) is 5.92 Å². The number of nitrogens with two attached hydrogens (primary N) is 1. The molecular weight excluding hydrogens is 228 g/mol. The molecule has 1 aliphatic carbocycles. The minimum Gasteiger partial charge on any atom is -0.381 e. The van der Waals surface area contributed by atoms with Gasteiger partial charge in [-0.3, -0.25) is 4.79 Å². The molecule has 5 heteroatoms. The topological polar surface area (TPSA) is 64.4 Å². The van der Waals surface area contributed by atoms with Crippen LogP contribution in [0.4, 0.5) is 0 Å². The molecule has 0 radical (unpaired) electrons. The van der Waals surface area contributed by atoms with Crippen LogP contribution in [0.15, 0.2) is 0 Å². The zero-order chi connectivity index (χ0) is 10.7. The van der Waals surface area contributed by atoms with Gasteiger partial charge in [0.15, 0.2) is 0 Å². The summed E-state index contributed by atoms with van der Waals surface area (Å²) in [7, 11) is 0. The molecule has 4 nitrogen and oxygen atoms in total. The quantitative estimate of drug-likeness (QED) is 0.761. The molecule has 1 amide bonds. The molecule has 0 bridgehead atoms. The fraction of sp³-hybridized carbons (Fsp3) is 0.909. The van der Waals surface area contributed by atoms with E-state index in [1.54, 1.807) is 0 Å². The van der Waals surface area contributed by atoms with Gasteiger partial charge in [0, 0.05) is 25.3 Å². The summed E-state index contributed by atoms with van der Waals surface area (Å²) >= 11 is 0. The highest BCUT2D eigenvalue weighted by molar-refractivity contribution is 5.85. The molecule has 0 spiro atoms. The van der Waals surface area contributed by atoms with E-state index < -0.39 is 0 Å². The highest BCUT2D eigenvalue weighted by Crippen LogP contribution is 2.24. The lowest BCUT2D eigenvalue weighted by molar-refractivity contribution is -0.126. The van der Waals surface area contributed by atoms with Gasteiger partial charge in [0.25, 0.3) is 0 Å². The normalized spacial score (nSPS) is 30.8. The lowest BCUT2D eigenvalue weighted by atomic mass is 10.0. The summed E-state index contributed by atoms with van der Waals surface area (Å²) in [6.07, 6.45) is 4.91. The Labute approximate surface area is 103 Å². The van der Waals surface area contributed by atoms with Crippen molar-refractivity contribution in [2.75, 3.05) is 13.2 Å². The molecule has 1 saturated carbocycles. The molecule has 94 valence electrons. The summed E-state index contributed by atoms with van der Waals surface area (Å²) in [6.45, 7) is 1.53. The van der Waals surface area contributed by atoms with Gasteiger partial charge in [-0.25, -0.2) is 0 Å². The van der Waals surface area contributed by atoms with E-state index in [4.69, 9.17) is 10.5 Å². The van der Waals surface area contributed by atoms with Gasteiger partial charge in [0.1, 0.15) is 0 Å². The van der Waals surface area contributed by atoms with E-state index in [9.17, 15) is 4.79 Å². The van der Waals surface area contributed by atoms with Crippen LogP contribution in [-0.4, -0.2) is 31.2 Å². The van der Waals surface area contributed by atoms with Crippen molar-refractivity contribution in [1.29, 1.82) is 0 Å². The van der Waals surface area contributed by atoms with Crippen LogP contribution in [0.1, 0.15) is 32.1 Å². The van der Waals surface area contributed by atoms with E-state index in [2.05, 4.69) is 5.32 Å². The van der Waals surface area contributed by atoms with Gasteiger partial charge in [0.05, 0.1) is 5.92 Å². The van der Waals surface area contributed by atoms with Crippen LogP contribution in [-0.2, 0) is 9.53 Å². The van der Waals surface area contributed by atoms with Crippen molar-refractivity contribution in [3.05, 3.63) is 0 Å². The van der Waals surface area contributed by atoms with Crippen LogP contribution in [0.5, 0.6) is 0 Å². The Morgan fingerprint density at radius 2 is 1.88 bits per heavy atom. The second-order valence-electron chi connectivity index (χ2n) is 4.60. The second kappa shape index (κ2) is 6.42. The third-order valence-electron chi connectivity index (χ3n) is 3.47. The van der Waals surface area contributed by atoms with E-state index in [1.807, 2.05) is 0 Å². The Hall–Kier alpha value is -0.320. The zero-order valence-corrected chi connectivity index (χ0v) is 10.3. The maximum Gasteiger partial charge on any atom is 0.224 e. The number of hydrogen-bond donors (Lipinski definition) is 2. The Balaban J connectivity index is 0.00000128. The summed E-state index contributed by atoms with van der Waals surface area (Å²) < 4.78 is 5.25. The van der Waals surface area contributed by atoms with Crippen LogP contribution in [0.25, 0.3) is 0 Å². The molecule has 1 heterocycles. The number of ether oxygens (including phenoxy) is 1. The third kappa shape index (κ3) is 3.34. The van der Waals surface area contributed by atoms with Gasteiger partial charge < -0.3 is 15.8 Å². The molecule has 3 N–H and O–H groups in total. The van der Waals surface area contributed by atoms with Gasteiger partial charge in [-0.2, -0.15) is 0 Å². The average Bonchev–Trinajstić information content (AvgIpc) is 2.66. The van der Waals surface area contributed by atoms with Gasteiger partial charge in [0.2, 0.25) is 5.91 Å². The maximum atomic E-state index is 11.9. The lowest BCUT2D eigenvalue weighted by Gasteiger charge is -2.25. The van der Waals surface area contributed by atoms with Crippen molar-refractivity contribution in [3.63, 3.8) is 0 Å². The number of carbonyl (C=O) groups excluding carboxylic acids is 1. The number of carbonyl (C=O) groups is 1. The first-order valence-corrected chi connectivity index (χ1v) is 5.91. The number of halogens is 1. The smallest absolute Gasteiger partial charge is 0.224 e.